The fourth-order valence-corrected chi connectivity index (χ4v) is 2.11. The molecule has 1 atom stereocenters. The van der Waals surface area contributed by atoms with E-state index in [1.165, 1.54) is 0 Å². The maximum absolute atomic E-state index is 12.4. The largest absolute Gasteiger partial charge is 0.481 e. The van der Waals surface area contributed by atoms with Gasteiger partial charge in [0.15, 0.2) is 0 Å². The molecule has 1 saturated carbocycles. The van der Waals surface area contributed by atoms with E-state index in [1.54, 1.807) is 26.4 Å². The monoisotopic (exact) mass is 264 g/mol. The van der Waals surface area contributed by atoms with Gasteiger partial charge in [0.1, 0.15) is 5.60 Å². The molecule has 0 spiro atoms. The first kappa shape index (κ1) is 13.8. The van der Waals surface area contributed by atoms with Crippen LogP contribution in [0, 0.1) is 12.8 Å². The van der Waals surface area contributed by atoms with Crippen LogP contribution in [0.1, 0.15) is 25.5 Å². The van der Waals surface area contributed by atoms with Gasteiger partial charge in [-0.25, -0.2) is 4.98 Å². The average Bonchev–Trinajstić information content (AvgIpc) is 3.24. The van der Waals surface area contributed by atoms with Crippen LogP contribution >= 0.6 is 0 Å². The predicted octanol–water partition coefficient (Wildman–Crippen LogP) is 2.15. The Balaban J connectivity index is 2.14. The number of aromatic nitrogens is 1. The van der Waals surface area contributed by atoms with Crippen molar-refractivity contribution in [2.24, 2.45) is 5.92 Å². The molecule has 2 rings (SSSR count). The van der Waals surface area contributed by atoms with Gasteiger partial charge < -0.3 is 14.8 Å². The van der Waals surface area contributed by atoms with Crippen molar-refractivity contribution in [2.75, 3.05) is 19.5 Å². The lowest BCUT2D eigenvalue weighted by Gasteiger charge is -2.27. The third kappa shape index (κ3) is 2.71. The summed E-state index contributed by atoms with van der Waals surface area (Å²) in [6.07, 6.45) is 2.08. The highest BCUT2D eigenvalue weighted by molar-refractivity contribution is 5.98. The Morgan fingerprint density at radius 2 is 2.11 bits per heavy atom. The molecule has 1 amide bonds. The van der Waals surface area contributed by atoms with Gasteiger partial charge in [-0.1, -0.05) is 0 Å². The van der Waals surface area contributed by atoms with Crippen LogP contribution in [-0.4, -0.2) is 30.7 Å². The predicted molar refractivity (Wildman–Crippen MR) is 72.3 cm³/mol. The summed E-state index contributed by atoms with van der Waals surface area (Å²) in [6.45, 7) is 3.67. The molecule has 5 heteroatoms. The number of hydrogen-bond donors (Lipinski definition) is 1. The smallest absolute Gasteiger partial charge is 0.256 e. The molecule has 19 heavy (non-hydrogen) atoms. The van der Waals surface area contributed by atoms with Crippen molar-refractivity contribution >= 4 is 11.6 Å². The van der Waals surface area contributed by atoms with Crippen molar-refractivity contribution in [3.63, 3.8) is 0 Å². The number of aryl methyl sites for hydroxylation is 1. The second-order valence-electron chi connectivity index (χ2n) is 5.03. The number of methoxy groups -OCH3 is 2. The molecule has 0 aromatic carbocycles. The molecule has 0 bridgehead atoms. The highest BCUT2D eigenvalue weighted by atomic mass is 16.5. The number of carbonyl (C=O) groups is 1. The third-order valence-corrected chi connectivity index (χ3v) is 3.75. The lowest BCUT2D eigenvalue weighted by molar-refractivity contribution is -0.138. The van der Waals surface area contributed by atoms with Crippen LogP contribution in [0.3, 0.4) is 0 Å². The van der Waals surface area contributed by atoms with E-state index in [0.717, 1.165) is 18.5 Å². The number of rotatable bonds is 5. The Bertz CT molecular complexity index is 486. The van der Waals surface area contributed by atoms with Crippen LogP contribution < -0.4 is 10.1 Å². The van der Waals surface area contributed by atoms with Crippen LogP contribution in [0.25, 0.3) is 0 Å². The van der Waals surface area contributed by atoms with Gasteiger partial charge in [-0.2, -0.15) is 0 Å². The van der Waals surface area contributed by atoms with E-state index >= 15 is 0 Å². The Labute approximate surface area is 113 Å². The molecular formula is C14H20N2O3. The maximum atomic E-state index is 12.4. The van der Waals surface area contributed by atoms with Crippen LogP contribution in [-0.2, 0) is 9.53 Å². The average molecular weight is 264 g/mol. The second kappa shape index (κ2) is 5.17. The number of nitrogens with zero attached hydrogens (tertiary/aromatic N) is 1. The van der Waals surface area contributed by atoms with Crippen molar-refractivity contribution in [2.45, 2.75) is 32.3 Å². The molecule has 5 nitrogen and oxygen atoms in total. The van der Waals surface area contributed by atoms with Crippen LogP contribution in [0.15, 0.2) is 12.1 Å². The zero-order valence-electron chi connectivity index (χ0n) is 11.8. The zero-order valence-corrected chi connectivity index (χ0v) is 11.8. The van der Waals surface area contributed by atoms with Crippen molar-refractivity contribution in [1.82, 2.24) is 4.98 Å². The molecular weight excluding hydrogens is 244 g/mol. The second-order valence-corrected chi connectivity index (χ2v) is 5.03. The van der Waals surface area contributed by atoms with E-state index in [0.29, 0.717) is 17.5 Å². The Hall–Kier alpha value is -1.62. The van der Waals surface area contributed by atoms with Gasteiger partial charge >= 0.3 is 0 Å². The summed E-state index contributed by atoms with van der Waals surface area (Å²) in [4.78, 5) is 16.6. The van der Waals surface area contributed by atoms with Gasteiger partial charge in [0.25, 0.3) is 5.91 Å². The number of carbonyl (C=O) groups excluding carboxylic acids is 1. The molecule has 1 N–H and O–H groups in total. The Morgan fingerprint density at radius 3 is 2.58 bits per heavy atom. The number of anilines is 1. The van der Waals surface area contributed by atoms with Gasteiger partial charge in [-0.15, -0.1) is 0 Å². The highest BCUT2D eigenvalue weighted by Crippen LogP contribution is 2.42. The quantitative estimate of drug-likeness (QED) is 0.885. The van der Waals surface area contributed by atoms with E-state index in [2.05, 4.69) is 10.3 Å². The van der Waals surface area contributed by atoms with Gasteiger partial charge in [0, 0.05) is 13.2 Å². The van der Waals surface area contributed by atoms with E-state index in [1.807, 2.05) is 13.8 Å². The van der Waals surface area contributed by atoms with Crippen molar-refractivity contribution in [1.29, 1.82) is 0 Å². The summed E-state index contributed by atoms with van der Waals surface area (Å²) in [5.41, 5.74) is 0.656. The summed E-state index contributed by atoms with van der Waals surface area (Å²) in [7, 11) is 3.14. The van der Waals surface area contributed by atoms with Crippen LogP contribution in [0.4, 0.5) is 5.69 Å². The van der Waals surface area contributed by atoms with Crippen molar-refractivity contribution in [3.05, 3.63) is 17.8 Å². The number of ether oxygens (including phenoxy) is 2. The summed E-state index contributed by atoms with van der Waals surface area (Å²) < 4.78 is 10.5. The van der Waals surface area contributed by atoms with E-state index in [-0.39, 0.29) is 5.91 Å². The molecule has 0 saturated heterocycles. The lowest BCUT2D eigenvalue weighted by atomic mass is 9.99. The molecule has 1 aromatic rings. The Morgan fingerprint density at radius 1 is 1.42 bits per heavy atom. The van der Waals surface area contributed by atoms with Gasteiger partial charge in [-0.05, 0) is 38.7 Å². The maximum Gasteiger partial charge on any atom is 0.256 e. The first-order valence-electron chi connectivity index (χ1n) is 6.39. The minimum atomic E-state index is -0.758. The first-order chi connectivity index (χ1) is 9.01. The molecule has 1 heterocycles. The van der Waals surface area contributed by atoms with Gasteiger partial charge in [0.2, 0.25) is 5.88 Å². The topological polar surface area (TPSA) is 60.5 Å². The zero-order chi connectivity index (χ0) is 14.0. The number of pyridine rings is 1. The van der Waals surface area contributed by atoms with Gasteiger partial charge in [-0.3, -0.25) is 4.79 Å². The molecule has 0 aliphatic heterocycles. The van der Waals surface area contributed by atoms with Crippen LogP contribution in [0.2, 0.25) is 0 Å². The normalized spacial score (nSPS) is 17.7. The summed E-state index contributed by atoms with van der Waals surface area (Å²) >= 11 is 0. The van der Waals surface area contributed by atoms with E-state index in [4.69, 9.17) is 9.47 Å². The molecule has 104 valence electrons. The molecule has 1 aliphatic carbocycles. The van der Waals surface area contributed by atoms with Crippen molar-refractivity contribution < 1.29 is 14.3 Å². The first-order valence-corrected chi connectivity index (χ1v) is 6.39. The summed E-state index contributed by atoms with van der Waals surface area (Å²) in [6, 6.07) is 3.52. The SMILES string of the molecule is COc1ccc(NC(=O)C(C)(OC)C2CC2)c(C)n1. The van der Waals surface area contributed by atoms with Crippen LogP contribution in [0.5, 0.6) is 5.88 Å². The minimum absolute atomic E-state index is 0.118. The minimum Gasteiger partial charge on any atom is -0.481 e. The molecule has 1 aromatic heterocycles. The number of amides is 1. The molecule has 1 fully saturated rings. The number of nitrogens with one attached hydrogen (secondary N) is 1. The fraction of sp³-hybridized carbons (Fsp3) is 0.571. The highest BCUT2D eigenvalue weighted by Gasteiger charge is 2.47. The summed E-state index contributed by atoms with van der Waals surface area (Å²) in [5, 5.41) is 2.89. The molecule has 1 aliphatic rings. The van der Waals surface area contributed by atoms with E-state index in [9.17, 15) is 4.79 Å². The van der Waals surface area contributed by atoms with Gasteiger partial charge in [0.05, 0.1) is 18.5 Å². The fourth-order valence-electron chi connectivity index (χ4n) is 2.11. The summed E-state index contributed by atoms with van der Waals surface area (Å²) in [5.74, 6) is 0.726. The van der Waals surface area contributed by atoms with E-state index < -0.39 is 5.60 Å². The Kier molecular flexibility index (Phi) is 3.75. The standard InChI is InChI=1S/C14H20N2O3/c1-9-11(7-8-12(15-9)18-3)16-13(17)14(2,19-4)10-5-6-10/h7-8,10H,5-6H2,1-4H3,(H,16,17). The lowest BCUT2D eigenvalue weighted by Crippen LogP contribution is -2.44. The molecule has 1 unspecified atom stereocenters. The number of hydrogen-bond acceptors (Lipinski definition) is 4. The van der Waals surface area contributed by atoms with Crippen molar-refractivity contribution in [3.8, 4) is 5.88 Å². The molecule has 0 radical (unpaired) electrons. The third-order valence-electron chi connectivity index (χ3n) is 3.75.